The minimum Gasteiger partial charge on any atom is -0.504 e. The van der Waals surface area contributed by atoms with Crippen molar-refractivity contribution in [1.29, 1.82) is 0 Å². The molecule has 1 aromatic carbocycles. The van der Waals surface area contributed by atoms with E-state index in [-0.39, 0.29) is 29.6 Å². The molecule has 0 radical (unpaired) electrons. The summed E-state index contributed by atoms with van der Waals surface area (Å²) in [4.78, 5) is 16.0. The summed E-state index contributed by atoms with van der Waals surface area (Å²) < 4.78 is 18.9. The average Bonchev–Trinajstić information content (AvgIpc) is 3.20. The molecule has 0 unspecified atom stereocenters. The monoisotopic (exact) mass is 313 g/mol. The van der Waals surface area contributed by atoms with Gasteiger partial charge in [0.1, 0.15) is 12.1 Å². The minimum absolute atomic E-state index is 0.0410. The maximum absolute atomic E-state index is 13.7. The van der Waals surface area contributed by atoms with Gasteiger partial charge in [-0.3, -0.25) is 9.89 Å². The molecule has 2 heterocycles. The molecular weight excluding hydrogens is 301 g/mol. The minimum atomic E-state index is -0.546. The van der Waals surface area contributed by atoms with Crippen LogP contribution in [0.15, 0.2) is 53.4 Å². The van der Waals surface area contributed by atoms with E-state index in [1.807, 2.05) is 0 Å². The summed E-state index contributed by atoms with van der Waals surface area (Å²) in [7, 11) is 0. The number of nitrogens with one attached hydrogen (secondary N) is 1. The van der Waals surface area contributed by atoms with Crippen molar-refractivity contribution in [2.24, 2.45) is 0 Å². The van der Waals surface area contributed by atoms with Crippen molar-refractivity contribution in [2.75, 3.05) is 0 Å². The maximum atomic E-state index is 13.7. The SMILES string of the molecule is O=C(C=C(O)c1ncn[nH]1)c1occc1Cc1ccccc1F. The van der Waals surface area contributed by atoms with Crippen LogP contribution in [0.1, 0.15) is 27.5 Å². The van der Waals surface area contributed by atoms with Crippen molar-refractivity contribution in [3.63, 3.8) is 0 Å². The smallest absolute Gasteiger partial charge is 0.225 e. The van der Waals surface area contributed by atoms with Crippen LogP contribution in [0.5, 0.6) is 0 Å². The van der Waals surface area contributed by atoms with Gasteiger partial charge in [0, 0.05) is 18.1 Å². The molecule has 0 fully saturated rings. The number of ketones is 1. The number of furan rings is 1. The predicted molar refractivity (Wildman–Crippen MR) is 79.2 cm³/mol. The third-order valence-corrected chi connectivity index (χ3v) is 3.23. The third-order valence-electron chi connectivity index (χ3n) is 3.23. The first-order chi connectivity index (χ1) is 11.1. The van der Waals surface area contributed by atoms with Gasteiger partial charge < -0.3 is 9.52 Å². The van der Waals surface area contributed by atoms with E-state index in [1.165, 1.54) is 18.7 Å². The molecule has 0 aliphatic heterocycles. The molecule has 0 aliphatic rings. The van der Waals surface area contributed by atoms with Gasteiger partial charge in [-0.1, -0.05) is 18.2 Å². The number of aromatic nitrogens is 3. The zero-order valence-corrected chi connectivity index (χ0v) is 11.9. The van der Waals surface area contributed by atoms with Crippen LogP contribution < -0.4 is 0 Å². The number of aromatic amines is 1. The summed E-state index contributed by atoms with van der Waals surface area (Å²) in [6.45, 7) is 0. The quantitative estimate of drug-likeness (QED) is 0.429. The zero-order valence-electron chi connectivity index (χ0n) is 11.9. The molecule has 3 rings (SSSR count). The molecule has 0 spiro atoms. The van der Waals surface area contributed by atoms with Gasteiger partial charge in [0.05, 0.1) is 6.26 Å². The normalized spacial score (nSPS) is 11.6. The fraction of sp³-hybridized carbons (Fsp3) is 0.0625. The van der Waals surface area contributed by atoms with E-state index in [1.54, 1.807) is 24.3 Å². The van der Waals surface area contributed by atoms with Gasteiger partial charge in [-0.15, -0.1) is 0 Å². The van der Waals surface area contributed by atoms with Crippen LogP contribution in [0.25, 0.3) is 5.76 Å². The first-order valence-electron chi connectivity index (χ1n) is 6.75. The second kappa shape index (κ2) is 6.27. The molecule has 2 N–H and O–H groups in total. The van der Waals surface area contributed by atoms with Crippen LogP contribution in [0.3, 0.4) is 0 Å². The van der Waals surface area contributed by atoms with Gasteiger partial charge >= 0.3 is 0 Å². The first-order valence-corrected chi connectivity index (χ1v) is 6.75. The van der Waals surface area contributed by atoms with Gasteiger partial charge in [-0.25, -0.2) is 9.37 Å². The Bertz CT molecular complexity index is 853. The number of rotatable bonds is 5. The van der Waals surface area contributed by atoms with Crippen molar-refractivity contribution in [2.45, 2.75) is 6.42 Å². The number of allylic oxidation sites excluding steroid dienone is 1. The van der Waals surface area contributed by atoms with Crippen LogP contribution in [-0.4, -0.2) is 26.1 Å². The van der Waals surface area contributed by atoms with E-state index >= 15 is 0 Å². The topological polar surface area (TPSA) is 92.0 Å². The lowest BCUT2D eigenvalue weighted by atomic mass is 10.0. The predicted octanol–water partition coefficient (Wildman–Crippen LogP) is 2.91. The molecular formula is C16H12FN3O3. The summed E-state index contributed by atoms with van der Waals surface area (Å²) in [5.74, 6) is -1.15. The number of hydrogen-bond acceptors (Lipinski definition) is 5. The Balaban J connectivity index is 1.85. The molecule has 6 nitrogen and oxygen atoms in total. The highest BCUT2D eigenvalue weighted by Gasteiger charge is 2.17. The number of carbonyl (C=O) groups is 1. The molecule has 0 atom stereocenters. The summed E-state index contributed by atoms with van der Waals surface area (Å²) >= 11 is 0. The number of H-pyrrole nitrogens is 1. The van der Waals surface area contributed by atoms with Crippen LogP contribution >= 0.6 is 0 Å². The van der Waals surface area contributed by atoms with Crippen LogP contribution in [0, 0.1) is 5.82 Å². The Morgan fingerprint density at radius 3 is 2.87 bits per heavy atom. The summed E-state index contributed by atoms with van der Waals surface area (Å²) in [6.07, 6.45) is 3.74. The summed E-state index contributed by atoms with van der Waals surface area (Å²) in [5.41, 5.74) is 0.980. The summed E-state index contributed by atoms with van der Waals surface area (Å²) in [5, 5.41) is 15.8. The average molecular weight is 313 g/mol. The number of halogens is 1. The molecule has 0 bridgehead atoms. The lowest BCUT2D eigenvalue weighted by Gasteiger charge is -2.02. The Morgan fingerprint density at radius 1 is 1.30 bits per heavy atom. The van der Waals surface area contributed by atoms with Crippen LogP contribution in [-0.2, 0) is 6.42 Å². The molecule has 0 saturated carbocycles. The van der Waals surface area contributed by atoms with Crippen molar-refractivity contribution < 1.29 is 18.7 Å². The molecule has 0 amide bonds. The van der Waals surface area contributed by atoms with E-state index in [4.69, 9.17) is 4.42 Å². The van der Waals surface area contributed by atoms with Gasteiger partial charge in [0.25, 0.3) is 0 Å². The second-order valence-corrected chi connectivity index (χ2v) is 4.77. The van der Waals surface area contributed by atoms with Crippen molar-refractivity contribution >= 4 is 11.5 Å². The van der Waals surface area contributed by atoms with Gasteiger partial charge in [0.2, 0.25) is 5.78 Å². The summed E-state index contributed by atoms with van der Waals surface area (Å²) in [6, 6.07) is 7.90. The third kappa shape index (κ3) is 3.18. The first kappa shape index (κ1) is 14.7. The molecule has 0 saturated heterocycles. The van der Waals surface area contributed by atoms with Gasteiger partial charge in [-0.2, -0.15) is 5.10 Å². The van der Waals surface area contributed by atoms with Crippen molar-refractivity contribution in [3.05, 3.63) is 77.5 Å². The molecule has 2 aromatic heterocycles. The van der Waals surface area contributed by atoms with Crippen LogP contribution in [0.2, 0.25) is 0 Å². The molecule has 0 aliphatic carbocycles. The Kier molecular flexibility index (Phi) is 4.01. The van der Waals surface area contributed by atoms with E-state index < -0.39 is 5.78 Å². The highest BCUT2D eigenvalue weighted by Crippen LogP contribution is 2.19. The molecule has 23 heavy (non-hydrogen) atoms. The van der Waals surface area contributed by atoms with E-state index in [9.17, 15) is 14.3 Å². The van der Waals surface area contributed by atoms with Gasteiger partial charge in [0.15, 0.2) is 17.3 Å². The fourth-order valence-electron chi connectivity index (χ4n) is 2.13. The number of hydrogen-bond donors (Lipinski definition) is 2. The highest BCUT2D eigenvalue weighted by molar-refractivity contribution is 6.06. The van der Waals surface area contributed by atoms with E-state index in [0.29, 0.717) is 11.1 Å². The highest BCUT2D eigenvalue weighted by atomic mass is 19.1. The lowest BCUT2D eigenvalue weighted by molar-refractivity contribution is 0.102. The Hall–Kier alpha value is -3.22. The van der Waals surface area contributed by atoms with E-state index in [0.717, 1.165) is 6.08 Å². The van der Waals surface area contributed by atoms with Crippen LogP contribution in [0.4, 0.5) is 4.39 Å². The zero-order chi connectivity index (χ0) is 16.2. The molecule has 3 aromatic rings. The lowest BCUT2D eigenvalue weighted by Crippen LogP contribution is -2.01. The largest absolute Gasteiger partial charge is 0.504 e. The molecule has 116 valence electrons. The second-order valence-electron chi connectivity index (χ2n) is 4.77. The number of aliphatic hydroxyl groups is 1. The number of carbonyl (C=O) groups excluding carboxylic acids is 1. The van der Waals surface area contributed by atoms with Crippen molar-refractivity contribution in [1.82, 2.24) is 15.2 Å². The Morgan fingerprint density at radius 2 is 2.13 bits per heavy atom. The van der Waals surface area contributed by atoms with Gasteiger partial charge in [-0.05, 0) is 17.7 Å². The van der Waals surface area contributed by atoms with E-state index in [2.05, 4.69) is 15.2 Å². The molecule has 7 heteroatoms. The number of nitrogens with zero attached hydrogens (tertiary/aromatic N) is 2. The van der Waals surface area contributed by atoms with Crippen molar-refractivity contribution in [3.8, 4) is 0 Å². The number of benzene rings is 1. The Labute approximate surface area is 130 Å². The number of aliphatic hydroxyl groups excluding tert-OH is 1. The standard InChI is InChI=1S/C16H12FN3O3/c17-12-4-2-1-3-10(12)7-11-5-6-23-15(11)13(21)8-14(22)16-18-9-19-20-16/h1-6,8-9,22H,7H2,(H,18,19,20). The maximum Gasteiger partial charge on any atom is 0.225 e. The fourth-order valence-corrected chi connectivity index (χ4v) is 2.13.